The van der Waals surface area contributed by atoms with Crippen LogP contribution in [0.15, 0.2) is 0 Å². The van der Waals surface area contributed by atoms with Crippen molar-refractivity contribution in [1.82, 2.24) is 0 Å². The molecule has 0 heterocycles. The summed E-state index contributed by atoms with van der Waals surface area (Å²) in [5.74, 6) is 3.27. The van der Waals surface area contributed by atoms with E-state index >= 15 is 0 Å². The molecule has 2 unspecified atom stereocenters. The summed E-state index contributed by atoms with van der Waals surface area (Å²) in [6, 6.07) is 0. The summed E-state index contributed by atoms with van der Waals surface area (Å²) in [6.07, 6.45) is 14.5. The molecule has 0 amide bonds. The molecular weight excluding hydrogens is 320 g/mol. The maximum absolute atomic E-state index is 9.90. The van der Waals surface area contributed by atoms with Gasteiger partial charge in [0, 0.05) is 0 Å². The van der Waals surface area contributed by atoms with Crippen molar-refractivity contribution in [2.75, 3.05) is 0 Å². The number of hydrogen-bond donors (Lipinski definition) is 2. The molecule has 0 aromatic heterocycles. The molecule has 2 heteroatoms. The standard InChI is InChI=1S/C24H44O2/c1-23(2,17-8-12-21(25)13-9-17)19-6-5-7-20(16-19)24(3,4)18-10-14-22(26)15-11-18/h17-22,25-26H,5-16H2,1-4H3. The predicted molar refractivity (Wildman–Crippen MR) is 109 cm³/mol. The van der Waals surface area contributed by atoms with E-state index < -0.39 is 0 Å². The molecule has 2 N–H and O–H groups in total. The van der Waals surface area contributed by atoms with Crippen LogP contribution < -0.4 is 0 Å². The Labute approximate surface area is 162 Å². The van der Waals surface area contributed by atoms with Gasteiger partial charge in [0.05, 0.1) is 12.2 Å². The second-order valence-electron chi connectivity index (χ2n) is 11.2. The second-order valence-corrected chi connectivity index (χ2v) is 11.2. The lowest BCUT2D eigenvalue weighted by atomic mass is 9.54. The molecule has 3 fully saturated rings. The Bertz CT molecular complexity index is 399. The van der Waals surface area contributed by atoms with Gasteiger partial charge in [-0.1, -0.05) is 34.1 Å². The van der Waals surface area contributed by atoms with Crippen LogP contribution in [-0.2, 0) is 0 Å². The summed E-state index contributed by atoms with van der Waals surface area (Å²) in [5.41, 5.74) is 0.829. The van der Waals surface area contributed by atoms with Crippen molar-refractivity contribution in [3.05, 3.63) is 0 Å². The highest BCUT2D eigenvalue weighted by atomic mass is 16.3. The van der Waals surface area contributed by atoms with Crippen LogP contribution in [0.3, 0.4) is 0 Å². The van der Waals surface area contributed by atoms with Gasteiger partial charge in [-0.2, -0.15) is 0 Å². The molecule has 0 spiro atoms. The zero-order valence-electron chi connectivity index (χ0n) is 17.8. The summed E-state index contributed by atoms with van der Waals surface area (Å²) in [7, 11) is 0. The van der Waals surface area contributed by atoms with E-state index in [-0.39, 0.29) is 12.2 Å². The molecule has 3 aliphatic carbocycles. The molecule has 0 radical (unpaired) electrons. The summed E-state index contributed by atoms with van der Waals surface area (Å²) in [5, 5.41) is 19.8. The molecule has 2 atom stereocenters. The minimum atomic E-state index is -0.0401. The van der Waals surface area contributed by atoms with Gasteiger partial charge in [0.2, 0.25) is 0 Å². The third-order valence-electron chi connectivity index (χ3n) is 9.28. The van der Waals surface area contributed by atoms with Crippen LogP contribution in [-0.4, -0.2) is 22.4 Å². The molecule has 3 rings (SSSR count). The van der Waals surface area contributed by atoms with E-state index in [1.165, 1.54) is 51.4 Å². The lowest BCUT2D eigenvalue weighted by Crippen LogP contribution is -2.43. The van der Waals surface area contributed by atoms with Crippen LogP contribution in [0.4, 0.5) is 0 Å². The minimum Gasteiger partial charge on any atom is -0.393 e. The third kappa shape index (κ3) is 4.32. The highest BCUT2D eigenvalue weighted by molar-refractivity contribution is 4.95. The van der Waals surface area contributed by atoms with E-state index in [0.717, 1.165) is 49.4 Å². The van der Waals surface area contributed by atoms with Gasteiger partial charge in [0.15, 0.2) is 0 Å². The normalized spacial score (nSPS) is 40.4. The molecule has 0 saturated heterocycles. The number of aliphatic hydroxyl groups excluding tert-OH is 2. The Kier molecular flexibility index (Phi) is 6.44. The average molecular weight is 365 g/mol. The third-order valence-corrected chi connectivity index (χ3v) is 9.28. The first kappa shape index (κ1) is 20.6. The molecule has 0 aromatic rings. The first-order valence-corrected chi connectivity index (χ1v) is 11.6. The van der Waals surface area contributed by atoms with Crippen molar-refractivity contribution in [2.45, 2.75) is 117 Å². The Hall–Kier alpha value is -0.0800. The van der Waals surface area contributed by atoms with E-state index in [1.807, 2.05) is 0 Å². The molecule has 152 valence electrons. The minimum absolute atomic E-state index is 0.0401. The SMILES string of the molecule is CC(C)(C1CCC(O)CC1)C1CCCC(C(C)(C)C2CCC(O)CC2)C1. The van der Waals surface area contributed by atoms with Gasteiger partial charge in [0.1, 0.15) is 0 Å². The number of aliphatic hydroxyl groups is 2. The predicted octanol–water partition coefficient (Wildman–Crippen LogP) is 5.95. The van der Waals surface area contributed by atoms with Gasteiger partial charge in [-0.3, -0.25) is 0 Å². The molecular formula is C24H44O2. The monoisotopic (exact) mass is 364 g/mol. The molecule has 0 bridgehead atoms. The smallest absolute Gasteiger partial charge is 0.0540 e. The van der Waals surface area contributed by atoms with Gasteiger partial charge in [0.25, 0.3) is 0 Å². The van der Waals surface area contributed by atoms with Crippen molar-refractivity contribution in [3.8, 4) is 0 Å². The first-order valence-electron chi connectivity index (χ1n) is 11.6. The number of rotatable bonds is 4. The molecule has 3 aliphatic rings. The van der Waals surface area contributed by atoms with E-state index in [0.29, 0.717) is 10.8 Å². The zero-order chi connectivity index (χ0) is 18.9. The van der Waals surface area contributed by atoms with Gasteiger partial charge < -0.3 is 10.2 Å². The topological polar surface area (TPSA) is 40.5 Å². The highest BCUT2D eigenvalue weighted by Gasteiger charge is 2.45. The van der Waals surface area contributed by atoms with Gasteiger partial charge in [-0.15, -0.1) is 0 Å². The summed E-state index contributed by atoms with van der Waals surface area (Å²) in [4.78, 5) is 0. The fraction of sp³-hybridized carbons (Fsp3) is 1.00. The lowest BCUT2D eigenvalue weighted by molar-refractivity contribution is -0.0270. The van der Waals surface area contributed by atoms with Crippen molar-refractivity contribution in [1.29, 1.82) is 0 Å². The molecule has 3 saturated carbocycles. The quantitative estimate of drug-likeness (QED) is 0.647. The van der Waals surface area contributed by atoms with Crippen molar-refractivity contribution >= 4 is 0 Å². The van der Waals surface area contributed by atoms with E-state index in [1.54, 1.807) is 0 Å². The largest absolute Gasteiger partial charge is 0.393 e. The second kappa shape index (κ2) is 8.11. The van der Waals surface area contributed by atoms with Crippen LogP contribution in [0.1, 0.15) is 105 Å². The van der Waals surface area contributed by atoms with Crippen molar-refractivity contribution in [2.24, 2.45) is 34.5 Å². The van der Waals surface area contributed by atoms with Crippen LogP contribution in [0.25, 0.3) is 0 Å². The van der Waals surface area contributed by atoms with Crippen LogP contribution in [0, 0.1) is 34.5 Å². The fourth-order valence-electron chi connectivity index (χ4n) is 6.85. The van der Waals surface area contributed by atoms with Crippen LogP contribution in [0.5, 0.6) is 0 Å². The molecule has 2 nitrogen and oxygen atoms in total. The Morgan fingerprint density at radius 2 is 0.846 bits per heavy atom. The summed E-state index contributed by atoms with van der Waals surface area (Å²) >= 11 is 0. The lowest BCUT2D eigenvalue weighted by Gasteiger charge is -2.51. The fourth-order valence-corrected chi connectivity index (χ4v) is 6.85. The van der Waals surface area contributed by atoms with E-state index in [2.05, 4.69) is 27.7 Å². The van der Waals surface area contributed by atoms with Gasteiger partial charge in [-0.25, -0.2) is 0 Å². The van der Waals surface area contributed by atoms with Crippen LogP contribution in [0.2, 0.25) is 0 Å². The Morgan fingerprint density at radius 1 is 0.500 bits per heavy atom. The first-order chi connectivity index (χ1) is 12.2. The Morgan fingerprint density at radius 3 is 1.19 bits per heavy atom. The van der Waals surface area contributed by atoms with Gasteiger partial charge >= 0.3 is 0 Å². The van der Waals surface area contributed by atoms with Gasteiger partial charge in [-0.05, 0) is 105 Å². The average Bonchev–Trinajstić information content (AvgIpc) is 2.62. The summed E-state index contributed by atoms with van der Waals surface area (Å²) < 4.78 is 0. The Balaban J connectivity index is 1.64. The van der Waals surface area contributed by atoms with Crippen molar-refractivity contribution in [3.63, 3.8) is 0 Å². The van der Waals surface area contributed by atoms with Crippen molar-refractivity contribution < 1.29 is 10.2 Å². The highest BCUT2D eigenvalue weighted by Crippen LogP contribution is 2.54. The molecule has 0 aliphatic heterocycles. The van der Waals surface area contributed by atoms with Crippen LogP contribution >= 0.6 is 0 Å². The maximum Gasteiger partial charge on any atom is 0.0540 e. The van der Waals surface area contributed by atoms with E-state index in [4.69, 9.17) is 0 Å². The maximum atomic E-state index is 9.90. The zero-order valence-corrected chi connectivity index (χ0v) is 17.8. The number of hydrogen-bond acceptors (Lipinski definition) is 2. The molecule has 0 aromatic carbocycles. The summed E-state index contributed by atoms with van der Waals surface area (Å²) in [6.45, 7) is 10.1. The van der Waals surface area contributed by atoms with E-state index in [9.17, 15) is 10.2 Å². The molecule has 26 heavy (non-hydrogen) atoms.